The normalized spacial score (nSPS) is 26.4. The highest BCUT2D eigenvalue weighted by Crippen LogP contribution is 2.31. The fraction of sp³-hybridized carbons (Fsp3) is 0.833. The van der Waals surface area contributed by atoms with E-state index in [0.717, 1.165) is 25.0 Å². The van der Waals surface area contributed by atoms with Gasteiger partial charge in [0.1, 0.15) is 16.1 Å². The molecule has 0 aliphatic heterocycles. The second-order valence-electron chi connectivity index (χ2n) is 5.88. The lowest BCUT2D eigenvalue weighted by atomic mass is 9.77. The fourth-order valence-corrected chi connectivity index (χ4v) is 2.56. The van der Waals surface area contributed by atoms with E-state index in [1.54, 1.807) is 0 Å². The number of nitrogens with zero attached hydrogens (tertiary/aromatic N) is 1. The van der Waals surface area contributed by atoms with Crippen LogP contribution in [0.4, 0.5) is 4.79 Å². The highest BCUT2D eigenvalue weighted by atomic mass is 32.2. The van der Waals surface area contributed by atoms with Gasteiger partial charge in [-0.15, -0.1) is 0 Å². The average molecular weight is 274 g/mol. The number of carbonyl (C=O) groups is 1. The maximum absolute atomic E-state index is 11.8. The summed E-state index contributed by atoms with van der Waals surface area (Å²) in [6.45, 7) is 7.59. The monoisotopic (exact) mass is 274 g/mol. The average Bonchev–Trinajstić information content (AvgIpc) is 2.11. The zero-order chi connectivity index (χ0) is 13.9. The van der Waals surface area contributed by atoms with Gasteiger partial charge in [-0.3, -0.25) is 0 Å². The SMILES string of the molecule is C/C(CC1CC(NC(=O)O)C1)=N\[S@+]([O-])C(C)(C)C. The quantitative estimate of drug-likeness (QED) is 0.609. The van der Waals surface area contributed by atoms with Crippen LogP contribution in [0.15, 0.2) is 4.40 Å². The summed E-state index contributed by atoms with van der Waals surface area (Å²) in [7, 11) is 0. The molecule has 1 atom stereocenters. The molecule has 0 radical (unpaired) electrons. The Morgan fingerprint density at radius 3 is 2.50 bits per heavy atom. The first-order valence-corrected chi connectivity index (χ1v) is 7.24. The predicted octanol–water partition coefficient (Wildman–Crippen LogP) is 2.35. The Morgan fingerprint density at radius 1 is 1.50 bits per heavy atom. The molecule has 6 heteroatoms. The number of rotatable bonds is 4. The summed E-state index contributed by atoms with van der Waals surface area (Å²) < 4.78 is 15.7. The Morgan fingerprint density at radius 2 is 2.06 bits per heavy atom. The van der Waals surface area contributed by atoms with Crippen LogP contribution in [0.5, 0.6) is 0 Å². The largest absolute Gasteiger partial charge is 0.591 e. The minimum Gasteiger partial charge on any atom is -0.591 e. The Bertz CT molecular complexity index is 333. The molecule has 104 valence electrons. The van der Waals surface area contributed by atoms with E-state index in [0.29, 0.717) is 5.92 Å². The van der Waals surface area contributed by atoms with E-state index in [1.807, 2.05) is 27.7 Å². The minimum atomic E-state index is -1.20. The summed E-state index contributed by atoms with van der Waals surface area (Å²) in [5.41, 5.74) is 0.891. The summed E-state index contributed by atoms with van der Waals surface area (Å²) in [6.07, 6.45) is 1.54. The Labute approximate surface area is 111 Å². The molecule has 2 N–H and O–H groups in total. The van der Waals surface area contributed by atoms with Crippen LogP contribution in [-0.4, -0.2) is 32.3 Å². The summed E-state index contributed by atoms with van der Waals surface area (Å²) in [6, 6.07) is 0.0772. The third-order valence-electron chi connectivity index (χ3n) is 2.91. The summed E-state index contributed by atoms with van der Waals surface area (Å²) in [5.74, 6) is 0.461. The Hall–Kier alpha value is -0.750. The van der Waals surface area contributed by atoms with Crippen molar-refractivity contribution in [2.45, 2.75) is 57.7 Å². The Balaban J connectivity index is 2.33. The van der Waals surface area contributed by atoms with Crippen LogP contribution < -0.4 is 5.32 Å². The van der Waals surface area contributed by atoms with Crippen LogP contribution in [0.2, 0.25) is 0 Å². The molecule has 1 amide bonds. The number of hydrogen-bond donors (Lipinski definition) is 2. The van der Waals surface area contributed by atoms with Crippen LogP contribution >= 0.6 is 0 Å². The van der Waals surface area contributed by atoms with Gasteiger partial charge in [0, 0.05) is 6.04 Å². The van der Waals surface area contributed by atoms with Crippen molar-refractivity contribution < 1.29 is 14.5 Å². The first kappa shape index (κ1) is 15.3. The lowest BCUT2D eigenvalue weighted by Gasteiger charge is -2.34. The van der Waals surface area contributed by atoms with Crippen molar-refractivity contribution >= 4 is 23.2 Å². The van der Waals surface area contributed by atoms with Gasteiger partial charge in [-0.2, -0.15) is 0 Å². The summed E-state index contributed by atoms with van der Waals surface area (Å²) in [4.78, 5) is 10.4. The molecule has 1 saturated carbocycles. The van der Waals surface area contributed by atoms with Crippen molar-refractivity contribution in [3.05, 3.63) is 0 Å². The molecule has 0 aromatic carbocycles. The van der Waals surface area contributed by atoms with Gasteiger partial charge in [-0.05, 0) is 52.9 Å². The molecule has 1 aliphatic rings. The highest BCUT2D eigenvalue weighted by molar-refractivity contribution is 7.91. The fourth-order valence-electron chi connectivity index (χ4n) is 1.93. The van der Waals surface area contributed by atoms with Gasteiger partial charge in [-0.1, -0.05) is 4.40 Å². The standard InChI is InChI=1S/C12H22N2O3S/c1-8(14-18(17)12(2,3)4)5-9-6-10(7-9)13-11(15)16/h9-10,13H,5-7H2,1-4H3,(H,15,16)/b14-8+/t9?,10?,18-/m1/s1. The van der Waals surface area contributed by atoms with E-state index in [2.05, 4.69) is 9.71 Å². The molecule has 1 rings (SSSR count). The molecule has 0 unspecified atom stereocenters. The van der Waals surface area contributed by atoms with E-state index in [9.17, 15) is 9.35 Å². The van der Waals surface area contributed by atoms with Crippen molar-refractivity contribution in [1.29, 1.82) is 0 Å². The van der Waals surface area contributed by atoms with Crippen LogP contribution in [0.1, 0.15) is 47.0 Å². The topological polar surface area (TPSA) is 84.8 Å². The smallest absolute Gasteiger partial charge is 0.404 e. The number of hydrogen-bond acceptors (Lipinski definition) is 3. The molecule has 1 aliphatic carbocycles. The van der Waals surface area contributed by atoms with E-state index < -0.39 is 17.5 Å². The zero-order valence-corrected chi connectivity index (χ0v) is 12.2. The molecule has 0 aromatic heterocycles. The van der Waals surface area contributed by atoms with Crippen LogP contribution in [0, 0.1) is 5.92 Å². The maximum atomic E-state index is 11.8. The van der Waals surface area contributed by atoms with Gasteiger partial charge in [0.05, 0.1) is 5.71 Å². The summed E-state index contributed by atoms with van der Waals surface area (Å²) >= 11 is -1.20. The molecule has 5 nitrogen and oxygen atoms in total. The predicted molar refractivity (Wildman–Crippen MR) is 73.3 cm³/mol. The molecule has 18 heavy (non-hydrogen) atoms. The van der Waals surface area contributed by atoms with Crippen molar-refractivity contribution in [3.8, 4) is 0 Å². The maximum Gasteiger partial charge on any atom is 0.404 e. The zero-order valence-electron chi connectivity index (χ0n) is 11.4. The van der Waals surface area contributed by atoms with E-state index in [1.165, 1.54) is 0 Å². The third-order valence-corrected chi connectivity index (χ3v) is 4.44. The van der Waals surface area contributed by atoms with Crippen molar-refractivity contribution in [3.63, 3.8) is 0 Å². The molecule has 0 aromatic rings. The molecule has 0 spiro atoms. The van der Waals surface area contributed by atoms with Gasteiger partial charge in [0.25, 0.3) is 0 Å². The molecule has 0 saturated heterocycles. The molecule has 0 bridgehead atoms. The number of amides is 1. The van der Waals surface area contributed by atoms with E-state index in [-0.39, 0.29) is 10.8 Å². The van der Waals surface area contributed by atoms with Crippen LogP contribution in [0.3, 0.4) is 0 Å². The van der Waals surface area contributed by atoms with Crippen molar-refractivity contribution in [1.82, 2.24) is 5.32 Å². The van der Waals surface area contributed by atoms with E-state index >= 15 is 0 Å². The number of carboxylic acid groups (broad SMARTS) is 1. The van der Waals surface area contributed by atoms with Crippen LogP contribution in [0.25, 0.3) is 0 Å². The molecular formula is C12H22N2O3S. The Kier molecular flexibility index (Phi) is 5.04. The van der Waals surface area contributed by atoms with Gasteiger partial charge >= 0.3 is 6.09 Å². The highest BCUT2D eigenvalue weighted by Gasteiger charge is 2.32. The van der Waals surface area contributed by atoms with Gasteiger partial charge in [-0.25, -0.2) is 4.79 Å². The van der Waals surface area contributed by atoms with Gasteiger partial charge < -0.3 is 15.0 Å². The van der Waals surface area contributed by atoms with Gasteiger partial charge in [0.2, 0.25) is 0 Å². The van der Waals surface area contributed by atoms with Crippen molar-refractivity contribution in [2.24, 2.45) is 10.3 Å². The molecular weight excluding hydrogens is 252 g/mol. The van der Waals surface area contributed by atoms with Crippen molar-refractivity contribution in [2.75, 3.05) is 0 Å². The summed E-state index contributed by atoms with van der Waals surface area (Å²) in [5, 5.41) is 11.0. The molecule has 0 heterocycles. The number of nitrogens with one attached hydrogen (secondary N) is 1. The lowest BCUT2D eigenvalue weighted by molar-refractivity contribution is 0.167. The second-order valence-corrected chi connectivity index (χ2v) is 7.78. The minimum absolute atomic E-state index is 0.0772. The van der Waals surface area contributed by atoms with E-state index in [4.69, 9.17) is 5.11 Å². The third kappa shape index (κ3) is 4.86. The lowest BCUT2D eigenvalue weighted by Crippen LogP contribution is -2.44. The molecule has 1 fully saturated rings. The first-order chi connectivity index (χ1) is 8.18. The van der Waals surface area contributed by atoms with Gasteiger partial charge in [0.15, 0.2) is 0 Å². The first-order valence-electron chi connectivity index (χ1n) is 6.14. The second kappa shape index (κ2) is 5.93. The van der Waals surface area contributed by atoms with Crippen LogP contribution in [-0.2, 0) is 11.4 Å².